The second-order valence-electron chi connectivity index (χ2n) is 7.08. The molecule has 1 aliphatic heterocycles. The molecule has 4 unspecified atom stereocenters. The Kier molecular flexibility index (Phi) is 5.82. The first-order valence-electron chi connectivity index (χ1n) is 8.82. The summed E-state index contributed by atoms with van der Waals surface area (Å²) in [5.41, 5.74) is 1.25. The fourth-order valence-corrected chi connectivity index (χ4v) is 4.79. The molecule has 4 atom stereocenters. The molecule has 130 valence electrons. The molecule has 2 N–H and O–H groups in total. The number of thioether (sulfide) groups is 1. The minimum atomic E-state index is 0.106. The highest BCUT2D eigenvalue weighted by molar-refractivity contribution is 7.99. The lowest BCUT2D eigenvalue weighted by atomic mass is 9.72. The second kappa shape index (κ2) is 8.06. The van der Waals surface area contributed by atoms with Crippen LogP contribution in [0, 0.1) is 11.8 Å². The lowest BCUT2D eigenvalue weighted by Gasteiger charge is -2.43. The van der Waals surface area contributed by atoms with E-state index in [1.165, 1.54) is 5.56 Å². The van der Waals surface area contributed by atoms with Crippen molar-refractivity contribution in [3.8, 4) is 0 Å². The smallest absolute Gasteiger partial charge is 0.230 e. The van der Waals surface area contributed by atoms with E-state index in [1.807, 2.05) is 18.2 Å². The maximum absolute atomic E-state index is 12.2. The minimum Gasteiger partial charge on any atom is -0.353 e. The Morgan fingerprint density at radius 3 is 2.88 bits per heavy atom. The van der Waals surface area contributed by atoms with E-state index in [-0.39, 0.29) is 23.9 Å². The van der Waals surface area contributed by atoms with Gasteiger partial charge in [0, 0.05) is 24.3 Å². The van der Waals surface area contributed by atoms with Gasteiger partial charge in [0.25, 0.3) is 0 Å². The van der Waals surface area contributed by atoms with Gasteiger partial charge in [0.05, 0.1) is 5.75 Å². The predicted molar refractivity (Wildman–Crippen MR) is 97.6 cm³/mol. The van der Waals surface area contributed by atoms with E-state index < -0.39 is 0 Å². The summed E-state index contributed by atoms with van der Waals surface area (Å²) in [5, 5.41) is 6.28. The lowest BCUT2D eigenvalue weighted by molar-refractivity contribution is -0.127. The maximum Gasteiger partial charge on any atom is 0.230 e. The van der Waals surface area contributed by atoms with Crippen molar-refractivity contribution in [2.45, 2.75) is 50.4 Å². The number of nitrogens with one attached hydrogen (secondary N) is 2. The third-order valence-corrected chi connectivity index (χ3v) is 6.20. The van der Waals surface area contributed by atoms with Gasteiger partial charge in [-0.25, -0.2) is 0 Å². The van der Waals surface area contributed by atoms with Crippen LogP contribution in [-0.2, 0) is 15.3 Å². The van der Waals surface area contributed by atoms with Crippen LogP contribution in [0.5, 0.6) is 0 Å². The van der Waals surface area contributed by atoms with Crippen molar-refractivity contribution < 1.29 is 9.59 Å². The molecule has 5 heteroatoms. The molecule has 0 radical (unpaired) electrons. The first-order valence-corrected chi connectivity index (χ1v) is 9.97. The SMILES string of the molecule is CC1CC(=O)NC2CC(NC(=O)CSCc3ccccc3)CCC12. The maximum atomic E-state index is 12.2. The Labute approximate surface area is 148 Å². The molecule has 1 saturated heterocycles. The molecule has 1 aromatic rings. The number of amides is 2. The lowest BCUT2D eigenvalue weighted by Crippen LogP contribution is -2.55. The van der Waals surface area contributed by atoms with Gasteiger partial charge in [0.2, 0.25) is 11.8 Å². The summed E-state index contributed by atoms with van der Waals surface area (Å²) in [6.45, 7) is 2.18. The molecule has 0 bridgehead atoms. The van der Waals surface area contributed by atoms with Crippen molar-refractivity contribution in [2.24, 2.45) is 11.8 Å². The summed E-state index contributed by atoms with van der Waals surface area (Å²) in [6.07, 6.45) is 3.63. The molecule has 4 nitrogen and oxygen atoms in total. The van der Waals surface area contributed by atoms with Crippen LogP contribution in [0.3, 0.4) is 0 Å². The Bertz CT molecular complexity index is 578. The first-order chi connectivity index (χ1) is 11.6. The summed E-state index contributed by atoms with van der Waals surface area (Å²) < 4.78 is 0. The van der Waals surface area contributed by atoms with E-state index in [0.29, 0.717) is 24.0 Å². The van der Waals surface area contributed by atoms with Gasteiger partial charge in [-0.2, -0.15) is 0 Å². The number of rotatable bonds is 5. The van der Waals surface area contributed by atoms with Crippen LogP contribution < -0.4 is 10.6 Å². The van der Waals surface area contributed by atoms with Crippen molar-refractivity contribution in [1.29, 1.82) is 0 Å². The molecule has 2 aliphatic rings. The van der Waals surface area contributed by atoms with Crippen LogP contribution in [-0.4, -0.2) is 29.7 Å². The summed E-state index contributed by atoms with van der Waals surface area (Å²) in [7, 11) is 0. The van der Waals surface area contributed by atoms with E-state index in [4.69, 9.17) is 0 Å². The van der Waals surface area contributed by atoms with Crippen LogP contribution >= 0.6 is 11.8 Å². The van der Waals surface area contributed by atoms with Crippen LogP contribution in [0.25, 0.3) is 0 Å². The summed E-state index contributed by atoms with van der Waals surface area (Å²) in [6, 6.07) is 10.6. The van der Waals surface area contributed by atoms with Gasteiger partial charge in [0.15, 0.2) is 0 Å². The fourth-order valence-electron chi connectivity index (χ4n) is 3.99. The molecule has 2 amide bonds. The standard InChI is InChI=1S/C19H26N2O2S/c1-13-9-18(22)21-17-10-15(7-8-16(13)17)20-19(23)12-24-11-14-5-3-2-4-6-14/h2-6,13,15-17H,7-12H2,1H3,(H,20,23)(H,21,22). The molecule has 3 rings (SSSR count). The summed E-state index contributed by atoms with van der Waals surface area (Å²) in [4.78, 5) is 23.9. The van der Waals surface area contributed by atoms with E-state index in [2.05, 4.69) is 29.7 Å². The van der Waals surface area contributed by atoms with Crippen LogP contribution in [0.2, 0.25) is 0 Å². The molecule has 1 aromatic carbocycles. The molecule has 0 spiro atoms. The average Bonchev–Trinajstić information content (AvgIpc) is 2.55. The molecule has 2 fully saturated rings. The minimum absolute atomic E-state index is 0.106. The Balaban J connectivity index is 1.41. The number of hydrogen-bond donors (Lipinski definition) is 2. The van der Waals surface area contributed by atoms with Crippen molar-refractivity contribution in [3.63, 3.8) is 0 Å². The molecule has 1 heterocycles. The zero-order chi connectivity index (χ0) is 16.9. The van der Waals surface area contributed by atoms with Crippen LogP contribution in [0.1, 0.15) is 38.2 Å². The highest BCUT2D eigenvalue weighted by atomic mass is 32.2. The first kappa shape index (κ1) is 17.3. The van der Waals surface area contributed by atoms with Crippen molar-refractivity contribution in [3.05, 3.63) is 35.9 Å². The molecule has 24 heavy (non-hydrogen) atoms. The molecule has 1 saturated carbocycles. The van der Waals surface area contributed by atoms with Gasteiger partial charge in [-0.3, -0.25) is 9.59 Å². The van der Waals surface area contributed by atoms with Gasteiger partial charge in [-0.15, -0.1) is 11.8 Å². The largest absolute Gasteiger partial charge is 0.353 e. The topological polar surface area (TPSA) is 58.2 Å². The van der Waals surface area contributed by atoms with Gasteiger partial charge in [-0.05, 0) is 36.7 Å². The van der Waals surface area contributed by atoms with Crippen molar-refractivity contribution in [2.75, 3.05) is 5.75 Å². The zero-order valence-electron chi connectivity index (χ0n) is 14.2. The number of carbonyl (C=O) groups excluding carboxylic acids is 2. The van der Waals surface area contributed by atoms with Gasteiger partial charge < -0.3 is 10.6 Å². The molecular formula is C19H26N2O2S. The number of fused-ring (bicyclic) bond motifs is 1. The highest BCUT2D eigenvalue weighted by Gasteiger charge is 2.38. The quantitative estimate of drug-likeness (QED) is 0.862. The number of hydrogen-bond acceptors (Lipinski definition) is 3. The van der Waals surface area contributed by atoms with E-state index in [1.54, 1.807) is 11.8 Å². The van der Waals surface area contributed by atoms with Crippen molar-refractivity contribution in [1.82, 2.24) is 10.6 Å². The molecular weight excluding hydrogens is 320 g/mol. The van der Waals surface area contributed by atoms with Gasteiger partial charge >= 0.3 is 0 Å². The van der Waals surface area contributed by atoms with Crippen molar-refractivity contribution >= 4 is 23.6 Å². The third-order valence-electron chi connectivity index (χ3n) is 5.20. The monoisotopic (exact) mass is 346 g/mol. The highest BCUT2D eigenvalue weighted by Crippen LogP contribution is 2.35. The predicted octanol–water partition coefficient (Wildman–Crippen LogP) is 2.73. The zero-order valence-corrected chi connectivity index (χ0v) is 15.0. The third kappa shape index (κ3) is 4.53. The normalized spacial score (nSPS) is 29.5. The average molecular weight is 346 g/mol. The fraction of sp³-hybridized carbons (Fsp3) is 0.579. The number of benzene rings is 1. The van der Waals surface area contributed by atoms with E-state index in [9.17, 15) is 9.59 Å². The second-order valence-corrected chi connectivity index (χ2v) is 8.06. The Morgan fingerprint density at radius 1 is 1.29 bits per heavy atom. The van der Waals surface area contributed by atoms with Gasteiger partial charge in [-0.1, -0.05) is 37.3 Å². The van der Waals surface area contributed by atoms with Gasteiger partial charge in [0.1, 0.15) is 0 Å². The van der Waals surface area contributed by atoms with Crippen LogP contribution in [0.4, 0.5) is 0 Å². The summed E-state index contributed by atoms with van der Waals surface area (Å²) >= 11 is 1.64. The summed E-state index contributed by atoms with van der Waals surface area (Å²) in [5.74, 6) is 2.65. The Morgan fingerprint density at radius 2 is 2.08 bits per heavy atom. The number of carbonyl (C=O) groups is 2. The Hall–Kier alpha value is -1.49. The van der Waals surface area contributed by atoms with E-state index in [0.717, 1.165) is 25.0 Å². The van der Waals surface area contributed by atoms with Crippen LogP contribution in [0.15, 0.2) is 30.3 Å². The number of piperidine rings is 1. The molecule has 0 aromatic heterocycles. The van der Waals surface area contributed by atoms with E-state index >= 15 is 0 Å². The molecule has 1 aliphatic carbocycles.